The number of benzene rings is 2. The van der Waals surface area contributed by atoms with Crippen molar-refractivity contribution in [1.29, 1.82) is 0 Å². The molecule has 35 heavy (non-hydrogen) atoms. The molecule has 2 aromatic carbocycles. The van der Waals surface area contributed by atoms with Crippen LogP contribution in [0.4, 0.5) is 0 Å². The Morgan fingerprint density at radius 3 is 2.60 bits per heavy atom. The molecule has 2 amide bonds. The van der Waals surface area contributed by atoms with Crippen LogP contribution in [0.25, 0.3) is 0 Å². The van der Waals surface area contributed by atoms with Crippen LogP contribution >= 0.6 is 11.6 Å². The number of halogens is 1. The van der Waals surface area contributed by atoms with E-state index in [0.29, 0.717) is 22.9 Å². The Bertz CT molecular complexity index is 1210. The zero-order chi connectivity index (χ0) is 24.8. The van der Waals surface area contributed by atoms with E-state index in [4.69, 9.17) is 25.5 Å². The average molecular weight is 496 g/mol. The van der Waals surface area contributed by atoms with Crippen molar-refractivity contribution in [3.8, 4) is 5.75 Å². The maximum atomic E-state index is 13.6. The van der Waals surface area contributed by atoms with E-state index in [1.807, 2.05) is 42.5 Å². The quantitative estimate of drug-likeness (QED) is 0.439. The number of hydrogen-bond donors (Lipinski definition) is 0. The number of rotatable bonds is 9. The number of hydrogen-bond acceptors (Lipinski definition) is 6. The maximum absolute atomic E-state index is 13.6. The largest absolute Gasteiger partial charge is 0.496 e. The Morgan fingerprint density at radius 1 is 1.11 bits per heavy atom. The summed E-state index contributed by atoms with van der Waals surface area (Å²) in [5, 5.41) is 6.65. The molecule has 1 atom stereocenters. The van der Waals surface area contributed by atoms with Crippen LogP contribution in [0.15, 0.2) is 76.4 Å². The first-order valence-electron chi connectivity index (χ1n) is 11.1. The van der Waals surface area contributed by atoms with E-state index in [9.17, 15) is 9.59 Å². The standard InChI is InChI=1S/C26H26ClN3O5/c1-33-15-13-29(26(32)24-12-7-14-35-24)17-25(31)30-22(19-9-4-6-11-23(19)34-2)16-21(28-30)18-8-3-5-10-20(18)27/h3-12,14,22H,13,15-17H2,1-2H3/t22-/m1/s1. The molecule has 182 valence electrons. The van der Waals surface area contributed by atoms with Crippen molar-refractivity contribution in [2.75, 3.05) is 33.9 Å². The summed E-state index contributed by atoms with van der Waals surface area (Å²) in [5.41, 5.74) is 2.25. The second-order valence-corrected chi connectivity index (χ2v) is 8.33. The molecule has 9 heteroatoms. The molecule has 0 radical (unpaired) electrons. The van der Waals surface area contributed by atoms with Crippen LogP contribution in [0, 0.1) is 0 Å². The van der Waals surface area contributed by atoms with Crippen LogP contribution in [0.3, 0.4) is 0 Å². The molecule has 1 aromatic heterocycles. The lowest BCUT2D eigenvalue weighted by molar-refractivity contribution is -0.133. The number of nitrogens with zero attached hydrogens (tertiary/aromatic N) is 3. The molecular formula is C26H26ClN3O5. The summed E-state index contributed by atoms with van der Waals surface area (Å²) in [6.45, 7) is 0.285. The van der Waals surface area contributed by atoms with E-state index in [0.717, 1.165) is 11.1 Å². The molecule has 1 aliphatic rings. The maximum Gasteiger partial charge on any atom is 0.290 e. The summed E-state index contributed by atoms with van der Waals surface area (Å²) < 4.78 is 16.0. The van der Waals surface area contributed by atoms with Crippen molar-refractivity contribution >= 4 is 29.1 Å². The summed E-state index contributed by atoms with van der Waals surface area (Å²) in [7, 11) is 3.13. The van der Waals surface area contributed by atoms with Gasteiger partial charge in [-0.1, -0.05) is 48.0 Å². The molecule has 3 aromatic rings. The molecule has 0 unspecified atom stereocenters. The van der Waals surface area contributed by atoms with E-state index in [1.54, 1.807) is 25.3 Å². The van der Waals surface area contributed by atoms with E-state index in [2.05, 4.69) is 5.10 Å². The highest BCUT2D eigenvalue weighted by molar-refractivity contribution is 6.34. The Labute approximate surface area is 208 Å². The monoisotopic (exact) mass is 495 g/mol. The molecule has 0 aliphatic carbocycles. The minimum absolute atomic E-state index is 0.150. The Kier molecular flexibility index (Phi) is 7.84. The molecule has 8 nitrogen and oxygen atoms in total. The van der Waals surface area contributed by atoms with E-state index in [1.165, 1.54) is 23.3 Å². The summed E-state index contributed by atoms with van der Waals surface area (Å²) in [4.78, 5) is 28.0. The minimum atomic E-state index is -0.423. The normalized spacial score (nSPS) is 15.1. The Hall–Kier alpha value is -3.62. The van der Waals surface area contributed by atoms with Gasteiger partial charge in [-0.25, -0.2) is 5.01 Å². The van der Waals surface area contributed by atoms with Crippen molar-refractivity contribution in [1.82, 2.24) is 9.91 Å². The summed E-state index contributed by atoms with van der Waals surface area (Å²) in [6, 6.07) is 17.7. The van der Waals surface area contributed by atoms with E-state index in [-0.39, 0.29) is 31.4 Å². The fraction of sp³-hybridized carbons (Fsp3) is 0.269. The Morgan fingerprint density at radius 2 is 1.89 bits per heavy atom. The topological polar surface area (TPSA) is 84.6 Å². The number of ether oxygens (including phenoxy) is 2. The number of carbonyl (C=O) groups excluding carboxylic acids is 2. The van der Waals surface area contributed by atoms with Gasteiger partial charge in [-0.05, 0) is 24.3 Å². The fourth-order valence-electron chi connectivity index (χ4n) is 4.03. The van der Waals surface area contributed by atoms with Crippen molar-refractivity contribution in [2.24, 2.45) is 5.10 Å². The SMILES string of the molecule is COCCN(CC(=O)N1N=C(c2ccccc2Cl)C[C@@H]1c1ccccc1OC)C(=O)c1ccco1. The van der Waals surface area contributed by atoms with Crippen LogP contribution in [0.2, 0.25) is 5.02 Å². The number of para-hydroxylation sites is 1. The van der Waals surface area contributed by atoms with Gasteiger partial charge < -0.3 is 18.8 Å². The Balaban J connectivity index is 1.67. The molecule has 2 heterocycles. The van der Waals surface area contributed by atoms with Crippen LogP contribution in [0.5, 0.6) is 5.75 Å². The van der Waals surface area contributed by atoms with Gasteiger partial charge in [-0.3, -0.25) is 9.59 Å². The van der Waals surface area contributed by atoms with Crippen LogP contribution in [-0.2, 0) is 9.53 Å². The lowest BCUT2D eigenvalue weighted by Gasteiger charge is -2.27. The van der Waals surface area contributed by atoms with E-state index >= 15 is 0 Å². The molecule has 4 rings (SSSR count). The van der Waals surface area contributed by atoms with Gasteiger partial charge in [0.05, 0.1) is 31.7 Å². The second kappa shape index (κ2) is 11.2. The van der Waals surface area contributed by atoms with Gasteiger partial charge in [0, 0.05) is 36.2 Å². The predicted octanol–water partition coefficient (Wildman–Crippen LogP) is 4.41. The summed E-state index contributed by atoms with van der Waals surface area (Å²) in [6.07, 6.45) is 1.86. The van der Waals surface area contributed by atoms with Gasteiger partial charge >= 0.3 is 0 Å². The third-order valence-electron chi connectivity index (χ3n) is 5.76. The fourth-order valence-corrected chi connectivity index (χ4v) is 4.27. The molecular weight excluding hydrogens is 470 g/mol. The minimum Gasteiger partial charge on any atom is -0.496 e. The highest BCUT2D eigenvalue weighted by Gasteiger charge is 2.36. The first-order valence-corrected chi connectivity index (χ1v) is 11.5. The highest BCUT2D eigenvalue weighted by atomic mass is 35.5. The lowest BCUT2D eigenvalue weighted by atomic mass is 9.97. The lowest BCUT2D eigenvalue weighted by Crippen LogP contribution is -2.42. The highest BCUT2D eigenvalue weighted by Crippen LogP contribution is 2.38. The van der Waals surface area contributed by atoms with Crippen LogP contribution in [0.1, 0.15) is 34.1 Å². The first-order chi connectivity index (χ1) is 17.0. The molecule has 0 N–H and O–H groups in total. The van der Waals surface area contributed by atoms with Crippen molar-refractivity contribution < 1.29 is 23.5 Å². The molecule has 0 spiro atoms. The van der Waals surface area contributed by atoms with Gasteiger partial charge in [0.2, 0.25) is 0 Å². The van der Waals surface area contributed by atoms with Crippen LogP contribution < -0.4 is 4.74 Å². The molecule has 1 aliphatic heterocycles. The molecule has 0 fully saturated rings. The third-order valence-corrected chi connectivity index (χ3v) is 6.09. The van der Waals surface area contributed by atoms with Crippen molar-refractivity contribution in [3.63, 3.8) is 0 Å². The van der Waals surface area contributed by atoms with Crippen molar-refractivity contribution in [3.05, 3.63) is 88.8 Å². The van der Waals surface area contributed by atoms with Gasteiger partial charge in [0.25, 0.3) is 11.8 Å². The average Bonchev–Trinajstić information content (AvgIpc) is 3.57. The molecule has 0 saturated heterocycles. The first kappa shape index (κ1) is 24.5. The zero-order valence-electron chi connectivity index (χ0n) is 19.5. The molecule has 0 bridgehead atoms. The number of hydrazone groups is 1. The predicted molar refractivity (Wildman–Crippen MR) is 132 cm³/mol. The van der Waals surface area contributed by atoms with E-state index < -0.39 is 11.9 Å². The summed E-state index contributed by atoms with van der Waals surface area (Å²) >= 11 is 6.44. The second-order valence-electron chi connectivity index (χ2n) is 7.92. The number of amides is 2. The third kappa shape index (κ3) is 5.39. The van der Waals surface area contributed by atoms with Gasteiger partial charge in [0.15, 0.2) is 5.76 Å². The molecule has 0 saturated carbocycles. The van der Waals surface area contributed by atoms with Gasteiger partial charge in [0.1, 0.15) is 12.3 Å². The van der Waals surface area contributed by atoms with Crippen molar-refractivity contribution in [2.45, 2.75) is 12.5 Å². The number of carbonyl (C=O) groups is 2. The number of furan rings is 1. The van der Waals surface area contributed by atoms with Crippen LogP contribution in [-0.4, -0.2) is 61.4 Å². The smallest absolute Gasteiger partial charge is 0.290 e. The number of methoxy groups -OCH3 is 2. The zero-order valence-corrected chi connectivity index (χ0v) is 20.3. The van der Waals surface area contributed by atoms with Gasteiger partial charge in [-0.2, -0.15) is 5.10 Å². The van der Waals surface area contributed by atoms with Gasteiger partial charge in [-0.15, -0.1) is 0 Å². The summed E-state index contributed by atoms with van der Waals surface area (Å²) in [5.74, 6) is 0.0494.